The first-order chi connectivity index (χ1) is 12.1. The fourth-order valence-electron chi connectivity index (χ4n) is 2.69. The summed E-state index contributed by atoms with van der Waals surface area (Å²) in [7, 11) is 1.85. The Morgan fingerprint density at radius 1 is 1.40 bits per heavy atom. The first-order valence-corrected chi connectivity index (χ1v) is 8.45. The summed E-state index contributed by atoms with van der Waals surface area (Å²) in [5.41, 5.74) is 7.23. The summed E-state index contributed by atoms with van der Waals surface area (Å²) in [6, 6.07) is 7.66. The summed E-state index contributed by atoms with van der Waals surface area (Å²) >= 11 is 0. The summed E-state index contributed by atoms with van der Waals surface area (Å²) in [5, 5.41) is 9.91. The van der Waals surface area contributed by atoms with Crippen LogP contribution >= 0.6 is 0 Å². The molecule has 1 aromatic carbocycles. The maximum absolute atomic E-state index is 12.4. The number of aryl methyl sites for hydroxylation is 1. The minimum absolute atomic E-state index is 0.0384. The van der Waals surface area contributed by atoms with Crippen molar-refractivity contribution >= 4 is 29.3 Å². The molecule has 1 atom stereocenters. The minimum Gasteiger partial charge on any atom is -0.312 e. The maximum atomic E-state index is 12.4. The van der Waals surface area contributed by atoms with Crippen molar-refractivity contribution in [2.75, 3.05) is 12.0 Å². The van der Waals surface area contributed by atoms with Gasteiger partial charge in [-0.2, -0.15) is 0 Å². The normalized spacial score (nSPS) is 12.0. The van der Waals surface area contributed by atoms with Crippen LogP contribution in [0.1, 0.15) is 32.6 Å². The molecule has 2 rings (SSSR count). The van der Waals surface area contributed by atoms with Gasteiger partial charge in [0.05, 0.1) is 23.5 Å². The van der Waals surface area contributed by atoms with Crippen LogP contribution in [0.3, 0.4) is 0 Å². The maximum Gasteiger partial charge on any atom is 0.243 e. The first kappa shape index (κ1) is 18.7. The zero-order chi connectivity index (χ0) is 18.2. The van der Waals surface area contributed by atoms with E-state index in [-0.39, 0.29) is 12.5 Å². The summed E-state index contributed by atoms with van der Waals surface area (Å²) < 4.78 is 1.84. The molecule has 2 aromatic rings. The summed E-state index contributed by atoms with van der Waals surface area (Å²) in [4.78, 5) is 27.5. The van der Waals surface area contributed by atoms with E-state index in [1.54, 1.807) is 0 Å². The fourth-order valence-corrected chi connectivity index (χ4v) is 2.69. The van der Waals surface area contributed by atoms with E-state index in [0.717, 1.165) is 30.3 Å². The lowest BCUT2D eigenvalue weighted by molar-refractivity contribution is -0.154. The largest absolute Gasteiger partial charge is 0.312 e. The molecule has 0 fully saturated rings. The smallest absolute Gasteiger partial charge is 0.243 e. The van der Waals surface area contributed by atoms with Gasteiger partial charge in [0.25, 0.3) is 0 Å². The van der Waals surface area contributed by atoms with Crippen molar-refractivity contribution in [3.8, 4) is 0 Å². The standard InChI is InChI=1S/C17H25N5O3/c1-3-4-5-8-13(11-22(25)12-23)16(24)19-20-17-18-14-9-6-7-10-15(14)21(17)2/h6-7,9-10,12-13,25H,3-5,8,11H2,1-2H3,(H,18,20)(H,19,24)/t13-/m1/s1. The van der Waals surface area contributed by atoms with E-state index >= 15 is 0 Å². The van der Waals surface area contributed by atoms with Gasteiger partial charge in [0, 0.05) is 7.05 Å². The number of anilines is 1. The van der Waals surface area contributed by atoms with Crippen LogP contribution in [-0.2, 0) is 16.6 Å². The number of hydroxylamine groups is 2. The van der Waals surface area contributed by atoms with E-state index in [2.05, 4.69) is 22.8 Å². The molecule has 3 N–H and O–H groups in total. The van der Waals surface area contributed by atoms with Crippen LogP contribution < -0.4 is 10.9 Å². The third kappa shape index (κ3) is 4.93. The van der Waals surface area contributed by atoms with Crippen LogP contribution in [0.4, 0.5) is 5.95 Å². The van der Waals surface area contributed by atoms with Gasteiger partial charge in [0.1, 0.15) is 0 Å². The molecular weight excluding hydrogens is 322 g/mol. The molecule has 0 aliphatic carbocycles. The highest BCUT2D eigenvalue weighted by Crippen LogP contribution is 2.17. The Morgan fingerprint density at radius 2 is 2.16 bits per heavy atom. The van der Waals surface area contributed by atoms with Crippen LogP contribution in [0.25, 0.3) is 11.0 Å². The molecule has 0 spiro atoms. The highest BCUT2D eigenvalue weighted by Gasteiger charge is 2.21. The van der Waals surface area contributed by atoms with Crippen LogP contribution in [-0.4, -0.2) is 38.7 Å². The van der Waals surface area contributed by atoms with Gasteiger partial charge < -0.3 is 4.57 Å². The lowest BCUT2D eigenvalue weighted by atomic mass is 10.0. The summed E-state index contributed by atoms with van der Waals surface area (Å²) in [6.45, 7) is 2.04. The number of benzene rings is 1. The van der Waals surface area contributed by atoms with Crippen molar-refractivity contribution in [1.29, 1.82) is 0 Å². The molecule has 136 valence electrons. The second-order valence-electron chi connectivity index (χ2n) is 6.02. The third-order valence-electron chi connectivity index (χ3n) is 4.14. The predicted octanol–water partition coefficient (Wildman–Crippen LogP) is 2.06. The molecule has 8 heteroatoms. The molecule has 0 aliphatic rings. The molecule has 0 saturated heterocycles. The number of hydrazine groups is 1. The zero-order valence-electron chi connectivity index (χ0n) is 14.6. The Hall–Kier alpha value is -2.61. The van der Waals surface area contributed by atoms with Crippen molar-refractivity contribution in [3.63, 3.8) is 0 Å². The number of para-hydroxylation sites is 2. The van der Waals surface area contributed by atoms with Crippen LogP contribution in [0.5, 0.6) is 0 Å². The first-order valence-electron chi connectivity index (χ1n) is 8.45. The number of hydrogen-bond donors (Lipinski definition) is 3. The number of aromatic nitrogens is 2. The Labute approximate surface area is 146 Å². The van der Waals surface area contributed by atoms with E-state index in [9.17, 15) is 14.8 Å². The van der Waals surface area contributed by atoms with E-state index < -0.39 is 5.92 Å². The highest BCUT2D eigenvalue weighted by atomic mass is 16.5. The van der Waals surface area contributed by atoms with Crippen LogP contribution in [0.15, 0.2) is 24.3 Å². The van der Waals surface area contributed by atoms with Gasteiger partial charge in [0.2, 0.25) is 18.3 Å². The molecule has 0 radical (unpaired) electrons. The van der Waals surface area contributed by atoms with E-state index in [0.29, 0.717) is 23.8 Å². The highest BCUT2D eigenvalue weighted by molar-refractivity contribution is 5.82. The molecule has 25 heavy (non-hydrogen) atoms. The number of nitrogens with one attached hydrogen (secondary N) is 2. The van der Waals surface area contributed by atoms with Crippen LogP contribution in [0.2, 0.25) is 0 Å². The molecule has 0 unspecified atom stereocenters. The number of imidazole rings is 1. The Bertz CT molecular complexity index is 715. The van der Waals surface area contributed by atoms with Crippen molar-refractivity contribution in [1.82, 2.24) is 20.0 Å². The molecule has 2 amide bonds. The number of unbranched alkanes of at least 4 members (excludes halogenated alkanes) is 2. The quantitative estimate of drug-likeness (QED) is 0.264. The Morgan fingerprint density at radius 3 is 2.84 bits per heavy atom. The van der Waals surface area contributed by atoms with Gasteiger partial charge in [-0.05, 0) is 18.6 Å². The van der Waals surface area contributed by atoms with E-state index in [1.807, 2.05) is 35.9 Å². The number of rotatable bonds is 10. The molecule has 0 saturated carbocycles. The van der Waals surface area contributed by atoms with Gasteiger partial charge >= 0.3 is 0 Å². The number of carbonyl (C=O) groups excluding carboxylic acids is 2. The SMILES string of the molecule is CCCCC[C@H](CN(O)C=O)C(=O)NNc1nc2ccccc2n1C. The number of amides is 2. The van der Waals surface area contributed by atoms with Crippen molar-refractivity contribution in [2.45, 2.75) is 32.6 Å². The van der Waals surface area contributed by atoms with Gasteiger partial charge in [0.15, 0.2) is 0 Å². The average molecular weight is 347 g/mol. The number of fused-ring (bicyclic) bond motifs is 1. The molecule has 8 nitrogen and oxygen atoms in total. The van der Waals surface area contributed by atoms with Crippen molar-refractivity contribution in [3.05, 3.63) is 24.3 Å². The topological polar surface area (TPSA) is 99.5 Å². The molecule has 0 bridgehead atoms. The molecule has 1 aromatic heterocycles. The summed E-state index contributed by atoms with van der Waals surface area (Å²) in [6.07, 6.45) is 3.78. The Kier molecular flexibility index (Phi) is 6.76. The fraction of sp³-hybridized carbons (Fsp3) is 0.471. The Balaban J connectivity index is 2.00. The lowest BCUT2D eigenvalue weighted by Gasteiger charge is -2.19. The van der Waals surface area contributed by atoms with Crippen molar-refractivity contribution in [2.24, 2.45) is 13.0 Å². The molecule has 0 aliphatic heterocycles. The monoisotopic (exact) mass is 347 g/mol. The van der Waals surface area contributed by atoms with Gasteiger partial charge in [-0.3, -0.25) is 25.6 Å². The third-order valence-corrected chi connectivity index (χ3v) is 4.14. The number of hydrogen-bond acceptors (Lipinski definition) is 5. The number of nitrogens with zero attached hydrogens (tertiary/aromatic N) is 3. The van der Waals surface area contributed by atoms with E-state index in [4.69, 9.17) is 0 Å². The minimum atomic E-state index is -0.496. The van der Waals surface area contributed by atoms with Gasteiger partial charge in [-0.1, -0.05) is 38.3 Å². The summed E-state index contributed by atoms with van der Waals surface area (Å²) in [5.74, 6) is -0.272. The van der Waals surface area contributed by atoms with Crippen LogP contribution in [0, 0.1) is 5.92 Å². The van der Waals surface area contributed by atoms with Gasteiger partial charge in [-0.15, -0.1) is 0 Å². The van der Waals surface area contributed by atoms with Crippen molar-refractivity contribution < 1.29 is 14.8 Å². The predicted molar refractivity (Wildman–Crippen MR) is 94.7 cm³/mol. The van der Waals surface area contributed by atoms with E-state index in [1.165, 1.54) is 0 Å². The molecule has 1 heterocycles. The number of carbonyl (C=O) groups is 2. The zero-order valence-corrected chi connectivity index (χ0v) is 14.6. The lowest BCUT2D eigenvalue weighted by Crippen LogP contribution is -2.40. The average Bonchev–Trinajstić information content (AvgIpc) is 2.95. The molecular formula is C17H25N5O3. The second-order valence-corrected chi connectivity index (χ2v) is 6.02. The van der Waals surface area contributed by atoms with Gasteiger partial charge in [-0.25, -0.2) is 10.0 Å². The second kappa shape index (κ2) is 9.03.